The highest BCUT2D eigenvalue weighted by molar-refractivity contribution is 5.93. The summed E-state index contributed by atoms with van der Waals surface area (Å²) >= 11 is 0. The summed E-state index contributed by atoms with van der Waals surface area (Å²) in [6, 6.07) is 5.25. The van der Waals surface area contributed by atoms with Crippen molar-refractivity contribution in [1.29, 1.82) is 0 Å². The molecule has 1 amide bonds. The summed E-state index contributed by atoms with van der Waals surface area (Å²) in [6.45, 7) is 0.562. The van der Waals surface area contributed by atoms with E-state index in [9.17, 15) is 14.0 Å². The summed E-state index contributed by atoms with van der Waals surface area (Å²) in [4.78, 5) is 21.8. The van der Waals surface area contributed by atoms with Gasteiger partial charge in [0.05, 0.1) is 0 Å². The van der Waals surface area contributed by atoms with Crippen molar-refractivity contribution in [2.45, 2.75) is 25.7 Å². The van der Waals surface area contributed by atoms with Gasteiger partial charge < -0.3 is 5.11 Å². The molecule has 0 aliphatic heterocycles. The maximum Gasteiger partial charge on any atom is 0.303 e. The van der Waals surface area contributed by atoms with Gasteiger partial charge in [-0.25, -0.2) is 9.82 Å². The quantitative estimate of drug-likeness (QED) is 0.495. The number of carboxylic acids is 1. The van der Waals surface area contributed by atoms with Crippen molar-refractivity contribution >= 4 is 11.9 Å². The second-order valence-corrected chi connectivity index (χ2v) is 4.09. The number of aliphatic carboxylic acids is 1. The predicted molar refractivity (Wildman–Crippen MR) is 68.0 cm³/mol. The Balaban J connectivity index is 2.11. The predicted octanol–water partition coefficient (Wildman–Crippen LogP) is 1.71. The highest BCUT2D eigenvalue weighted by atomic mass is 19.1. The number of benzene rings is 1. The first-order valence-electron chi connectivity index (χ1n) is 6.10. The van der Waals surface area contributed by atoms with Crippen LogP contribution in [0.2, 0.25) is 0 Å². The molecule has 0 saturated carbocycles. The van der Waals surface area contributed by atoms with Crippen LogP contribution in [0.4, 0.5) is 4.39 Å². The zero-order valence-corrected chi connectivity index (χ0v) is 10.5. The Kier molecular flexibility index (Phi) is 6.52. The minimum atomic E-state index is -0.794. The van der Waals surface area contributed by atoms with Gasteiger partial charge in [-0.1, -0.05) is 6.42 Å². The summed E-state index contributed by atoms with van der Waals surface area (Å²) in [5, 5.41) is 8.44. The molecule has 0 spiro atoms. The molecular formula is C13H17FN2O3. The number of hydrogen-bond donors (Lipinski definition) is 3. The summed E-state index contributed by atoms with van der Waals surface area (Å²) in [5.74, 6) is -1.51. The molecule has 1 aromatic rings. The number of hydrazine groups is 1. The van der Waals surface area contributed by atoms with Crippen molar-refractivity contribution in [3.05, 3.63) is 35.6 Å². The third-order valence-electron chi connectivity index (χ3n) is 2.50. The van der Waals surface area contributed by atoms with Crippen LogP contribution in [0.15, 0.2) is 24.3 Å². The lowest BCUT2D eigenvalue weighted by Gasteiger charge is -2.06. The lowest BCUT2D eigenvalue weighted by molar-refractivity contribution is -0.137. The molecule has 0 fully saturated rings. The van der Waals surface area contributed by atoms with Crippen molar-refractivity contribution in [2.75, 3.05) is 6.54 Å². The number of unbranched alkanes of at least 4 members (excludes halogenated alkanes) is 2. The number of hydrogen-bond acceptors (Lipinski definition) is 3. The molecule has 1 rings (SSSR count). The van der Waals surface area contributed by atoms with Gasteiger partial charge in [-0.3, -0.25) is 15.0 Å². The average Bonchev–Trinajstić information content (AvgIpc) is 2.38. The van der Waals surface area contributed by atoms with Gasteiger partial charge in [0.2, 0.25) is 0 Å². The van der Waals surface area contributed by atoms with Crippen molar-refractivity contribution in [2.24, 2.45) is 0 Å². The lowest BCUT2D eigenvalue weighted by atomic mass is 10.2. The molecule has 5 nitrogen and oxygen atoms in total. The van der Waals surface area contributed by atoms with Crippen molar-refractivity contribution in [3.8, 4) is 0 Å². The first-order chi connectivity index (χ1) is 9.09. The number of halogens is 1. The van der Waals surface area contributed by atoms with Gasteiger partial charge in [0.25, 0.3) is 5.91 Å². The van der Waals surface area contributed by atoms with Crippen molar-refractivity contribution < 1.29 is 19.1 Å². The molecule has 0 aliphatic carbocycles. The van der Waals surface area contributed by atoms with Gasteiger partial charge in [0.15, 0.2) is 0 Å². The average molecular weight is 268 g/mol. The van der Waals surface area contributed by atoms with E-state index in [4.69, 9.17) is 5.11 Å². The van der Waals surface area contributed by atoms with Gasteiger partial charge in [-0.2, -0.15) is 0 Å². The number of amides is 1. The van der Waals surface area contributed by atoms with Crippen LogP contribution >= 0.6 is 0 Å². The number of rotatable bonds is 8. The van der Waals surface area contributed by atoms with E-state index in [0.29, 0.717) is 18.5 Å². The number of carboxylic acid groups (broad SMARTS) is 1. The number of carbonyl (C=O) groups excluding carboxylic acids is 1. The van der Waals surface area contributed by atoms with E-state index in [0.717, 1.165) is 12.8 Å². The molecule has 0 atom stereocenters. The Bertz CT molecular complexity index is 420. The molecule has 0 radical (unpaired) electrons. The maximum atomic E-state index is 12.6. The normalized spacial score (nSPS) is 10.2. The number of nitrogens with one attached hydrogen (secondary N) is 2. The molecule has 0 aromatic heterocycles. The zero-order valence-electron chi connectivity index (χ0n) is 10.5. The Labute approximate surface area is 110 Å². The summed E-state index contributed by atoms with van der Waals surface area (Å²) < 4.78 is 12.6. The molecule has 104 valence electrons. The van der Waals surface area contributed by atoms with Gasteiger partial charge >= 0.3 is 5.97 Å². The third kappa shape index (κ3) is 6.52. The molecule has 19 heavy (non-hydrogen) atoms. The van der Waals surface area contributed by atoms with Crippen LogP contribution in [0.25, 0.3) is 0 Å². The van der Waals surface area contributed by atoms with Crippen LogP contribution in [0.5, 0.6) is 0 Å². The van der Waals surface area contributed by atoms with Crippen LogP contribution in [-0.4, -0.2) is 23.5 Å². The first kappa shape index (κ1) is 15.1. The second-order valence-electron chi connectivity index (χ2n) is 4.09. The fourth-order valence-corrected chi connectivity index (χ4v) is 1.48. The monoisotopic (exact) mass is 268 g/mol. The largest absolute Gasteiger partial charge is 0.481 e. The molecule has 0 saturated heterocycles. The van der Waals surface area contributed by atoms with E-state index < -0.39 is 5.97 Å². The van der Waals surface area contributed by atoms with E-state index in [1.165, 1.54) is 24.3 Å². The molecule has 0 unspecified atom stereocenters. The van der Waals surface area contributed by atoms with E-state index in [2.05, 4.69) is 10.9 Å². The lowest BCUT2D eigenvalue weighted by Crippen LogP contribution is -2.37. The Morgan fingerprint density at radius 1 is 1.11 bits per heavy atom. The smallest absolute Gasteiger partial charge is 0.303 e. The van der Waals surface area contributed by atoms with Crippen molar-refractivity contribution in [1.82, 2.24) is 10.9 Å². The van der Waals surface area contributed by atoms with Crippen LogP contribution in [-0.2, 0) is 4.79 Å². The highest BCUT2D eigenvalue weighted by Gasteiger charge is 2.04. The minimum absolute atomic E-state index is 0.169. The fourth-order valence-electron chi connectivity index (χ4n) is 1.48. The fraction of sp³-hybridized carbons (Fsp3) is 0.385. The first-order valence-corrected chi connectivity index (χ1v) is 6.10. The Morgan fingerprint density at radius 2 is 1.79 bits per heavy atom. The molecule has 1 aromatic carbocycles. The minimum Gasteiger partial charge on any atom is -0.481 e. The molecule has 6 heteroatoms. The second kappa shape index (κ2) is 8.20. The maximum absolute atomic E-state index is 12.6. The van der Waals surface area contributed by atoms with Crippen LogP contribution in [0.1, 0.15) is 36.0 Å². The summed E-state index contributed by atoms with van der Waals surface area (Å²) in [5.41, 5.74) is 5.61. The third-order valence-corrected chi connectivity index (χ3v) is 2.50. The molecule has 3 N–H and O–H groups in total. The van der Waals surface area contributed by atoms with Crippen molar-refractivity contribution in [3.63, 3.8) is 0 Å². The van der Waals surface area contributed by atoms with Gasteiger partial charge in [-0.05, 0) is 37.1 Å². The Morgan fingerprint density at radius 3 is 2.42 bits per heavy atom. The Hall–Kier alpha value is -1.95. The molecule has 0 aliphatic rings. The van der Waals surface area contributed by atoms with Crippen LogP contribution < -0.4 is 10.9 Å². The zero-order chi connectivity index (χ0) is 14.1. The number of carbonyl (C=O) groups is 2. The topological polar surface area (TPSA) is 78.4 Å². The molecule has 0 heterocycles. The van der Waals surface area contributed by atoms with Gasteiger partial charge in [0.1, 0.15) is 5.82 Å². The van der Waals surface area contributed by atoms with Gasteiger partial charge in [-0.15, -0.1) is 0 Å². The SMILES string of the molecule is O=C(O)CCCCCNNC(=O)c1ccc(F)cc1. The summed E-state index contributed by atoms with van der Waals surface area (Å²) in [7, 11) is 0. The molecule has 0 bridgehead atoms. The van der Waals surface area contributed by atoms with Crippen LogP contribution in [0.3, 0.4) is 0 Å². The van der Waals surface area contributed by atoms with E-state index >= 15 is 0 Å². The summed E-state index contributed by atoms with van der Waals surface area (Å²) in [6.07, 6.45) is 2.35. The van der Waals surface area contributed by atoms with E-state index in [-0.39, 0.29) is 18.1 Å². The van der Waals surface area contributed by atoms with Gasteiger partial charge in [0, 0.05) is 18.5 Å². The highest BCUT2D eigenvalue weighted by Crippen LogP contribution is 2.02. The standard InChI is InChI=1S/C13H17FN2O3/c14-11-7-5-10(6-8-11)13(19)16-15-9-3-1-2-4-12(17)18/h5-8,15H,1-4,9H2,(H,16,19)(H,17,18). The van der Waals surface area contributed by atoms with Crippen LogP contribution in [0, 0.1) is 5.82 Å². The molecular weight excluding hydrogens is 251 g/mol. The van der Waals surface area contributed by atoms with E-state index in [1.807, 2.05) is 0 Å². The van der Waals surface area contributed by atoms with E-state index in [1.54, 1.807) is 0 Å².